The van der Waals surface area contributed by atoms with E-state index in [1.54, 1.807) is 25.1 Å². The predicted molar refractivity (Wildman–Crippen MR) is 102 cm³/mol. The van der Waals surface area contributed by atoms with E-state index in [1.165, 1.54) is 4.90 Å². The average molecular weight is 471 g/mol. The topological polar surface area (TPSA) is 49.9 Å². The number of nitrogens with zero attached hydrogens (tertiary/aromatic N) is 2. The molecule has 2 atom stereocenters. The molecule has 0 spiro atoms. The first kappa shape index (κ1) is 19.1. The van der Waals surface area contributed by atoms with E-state index in [2.05, 4.69) is 15.9 Å². The van der Waals surface area contributed by atoms with Gasteiger partial charge >= 0.3 is 0 Å². The molecule has 2 fully saturated rings. The highest BCUT2D eigenvalue weighted by Crippen LogP contribution is 2.62. The van der Waals surface area contributed by atoms with Crippen LogP contribution in [0.5, 0.6) is 5.75 Å². The van der Waals surface area contributed by atoms with Gasteiger partial charge in [-0.1, -0.05) is 23.2 Å². The molecule has 9 heteroatoms. The number of halogens is 4. The van der Waals surface area contributed by atoms with Crippen molar-refractivity contribution in [3.8, 4) is 5.75 Å². The minimum absolute atomic E-state index is 0.169. The molecule has 1 saturated heterocycles. The number of hydrogen-bond acceptors (Lipinski definition) is 3. The van der Waals surface area contributed by atoms with Gasteiger partial charge in [0.2, 0.25) is 11.8 Å². The maximum absolute atomic E-state index is 12.8. The van der Waals surface area contributed by atoms with E-state index in [0.29, 0.717) is 24.4 Å². The predicted octanol–water partition coefficient (Wildman–Crippen LogP) is 3.58. The van der Waals surface area contributed by atoms with E-state index in [0.717, 1.165) is 4.47 Å². The second-order valence-electron chi connectivity index (χ2n) is 6.21. The maximum atomic E-state index is 12.8. The lowest BCUT2D eigenvalue weighted by Crippen LogP contribution is -2.47. The molecule has 1 aliphatic heterocycles. The molecule has 0 bridgehead atoms. The summed E-state index contributed by atoms with van der Waals surface area (Å²) in [5.41, 5.74) is 0.712. The molecule has 5 nitrogen and oxygen atoms in total. The number of anilines is 1. The van der Waals surface area contributed by atoms with Crippen molar-refractivity contribution in [3.63, 3.8) is 0 Å². The van der Waals surface area contributed by atoms with Crippen molar-refractivity contribution >= 4 is 68.2 Å². The molecule has 0 N–H and O–H groups in total. The van der Waals surface area contributed by atoms with Crippen molar-refractivity contribution < 1.29 is 14.3 Å². The highest BCUT2D eigenvalue weighted by Gasteiger charge is 2.72. The summed E-state index contributed by atoms with van der Waals surface area (Å²) < 4.78 is 4.79. The van der Waals surface area contributed by atoms with Gasteiger partial charge in [-0.05, 0) is 34.5 Å². The number of hydrogen-bond donors (Lipinski definition) is 0. The van der Waals surface area contributed by atoms with Crippen LogP contribution in [0.3, 0.4) is 0 Å². The van der Waals surface area contributed by atoms with E-state index in [-0.39, 0.29) is 12.3 Å². The van der Waals surface area contributed by atoms with Crippen LogP contribution >= 0.6 is 50.7 Å². The third kappa shape index (κ3) is 3.11. The number of ether oxygens (including phenoxy) is 1. The van der Waals surface area contributed by atoms with Gasteiger partial charge in [0, 0.05) is 31.8 Å². The van der Waals surface area contributed by atoms with Gasteiger partial charge in [-0.25, -0.2) is 0 Å². The molecule has 2 amide bonds. The van der Waals surface area contributed by atoms with E-state index in [9.17, 15) is 9.59 Å². The first-order valence-electron chi connectivity index (χ1n) is 7.61. The molecule has 136 valence electrons. The minimum atomic E-state index is -1.35. The number of methoxy groups -OCH3 is 1. The standard InChI is InChI=1S/C16H16BrCl3N2O3/c1-21(14(24)15(18)8-16(15,19)20)11-5-6-22(13(11)23)9-3-4-10(17)12(7-9)25-2/h3-4,7,11H,5-6,8H2,1-2H3. The van der Waals surface area contributed by atoms with Crippen molar-refractivity contribution in [2.24, 2.45) is 0 Å². The van der Waals surface area contributed by atoms with Crippen LogP contribution in [-0.4, -0.2) is 52.7 Å². The van der Waals surface area contributed by atoms with Crippen molar-refractivity contribution in [1.29, 1.82) is 0 Å². The van der Waals surface area contributed by atoms with Gasteiger partial charge in [-0.2, -0.15) is 0 Å². The first-order chi connectivity index (χ1) is 11.6. The normalized spacial score (nSPS) is 27.4. The molecular weight excluding hydrogens is 454 g/mol. The van der Waals surface area contributed by atoms with Crippen LogP contribution in [0, 0.1) is 0 Å². The average Bonchev–Trinajstić information content (AvgIpc) is 2.89. The Morgan fingerprint density at radius 2 is 2.04 bits per heavy atom. The van der Waals surface area contributed by atoms with Gasteiger partial charge in [-0.15, -0.1) is 11.6 Å². The fourth-order valence-corrected chi connectivity index (χ4v) is 4.45. The Labute approximate surface area is 169 Å². The largest absolute Gasteiger partial charge is 0.495 e. The summed E-state index contributed by atoms with van der Waals surface area (Å²) in [6.07, 6.45) is 0.673. The van der Waals surface area contributed by atoms with E-state index >= 15 is 0 Å². The zero-order chi connectivity index (χ0) is 18.6. The van der Waals surface area contributed by atoms with Gasteiger partial charge in [0.15, 0.2) is 4.87 Å². The summed E-state index contributed by atoms with van der Waals surface area (Å²) in [6, 6.07) is 4.82. The molecule has 1 aliphatic carbocycles. The molecule has 25 heavy (non-hydrogen) atoms. The molecule has 2 unspecified atom stereocenters. The molecule has 3 rings (SSSR count). The molecule has 1 saturated carbocycles. The van der Waals surface area contributed by atoms with Crippen LogP contribution < -0.4 is 9.64 Å². The van der Waals surface area contributed by atoms with Crippen LogP contribution in [0.15, 0.2) is 22.7 Å². The fraction of sp³-hybridized carbons (Fsp3) is 0.500. The highest BCUT2D eigenvalue weighted by molar-refractivity contribution is 9.10. The maximum Gasteiger partial charge on any atom is 0.249 e. The summed E-state index contributed by atoms with van der Waals surface area (Å²) in [5, 5.41) is 0. The molecular formula is C16H16BrCl3N2O3. The van der Waals surface area contributed by atoms with Crippen LogP contribution in [0.4, 0.5) is 5.69 Å². The Kier molecular flexibility index (Phi) is 4.95. The Morgan fingerprint density at radius 3 is 2.60 bits per heavy atom. The third-order valence-electron chi connectivity index (χ3n) is 4.67. The van der Waals surface area contributed by atoms with Crippen molar-refractivity contribution in [2.75, 3.05) is 25.6 Å². The lowest BCUT2D eigenvalue weighted by atomic mass is 10.2. The zero-order valence-corrected chi connectivity index (χ0v) is 17.4. The lowest BCUT2D eigenvalue weighted by Gasteiger charge is -2.26. The highest BCUT2D eigenvalue weighted by atomic mass is 79.9. The second-order valence-corrected chi connectivity index (χ2v) is 9.20. The SMILES string of the molecule is COc1cc(N2CCC(N(C)C(=O)C3(Cl)CC3(Cl)Cl)C2=O)ccc1Br. The molecule has 1 aromatic carbocycles. The Morgan fingerprint density at radius 1 is 1.40 bits per heavy atom. The number of carbonyl (C=O) groups is 2. The summed E-state index contributed by atoms with van der Waals surface area (Å²) in [5.74, 6) is 0.0357. The Hall–Kier alpha value is -0.690. The number of carbonyl (C=O) groups excluding carboxylic acids is 2. The first-order valence-corrected chi connectivity index (χ1v) is 9.54. The smallest absolute Gasteiger partial charge is 0.249 e. The van der Waals surface area contributed by atoms with Crippen LogP contribution in [0.1, 0.15) is 12.8 Å². The number of rotatable bonds is 4. The molecule has 1 aromatic rings. The molecule has 1 heterocycles. The third-order valence-corrected chi connectivity index (χ3v) is 7.05. The summed E-state index contributed by atoms with van der Waals surface area (Å²) >= 11 is 21.6. The summed E-state index contributed by atoms with van der Waals surface area (Å²) in [4.78, 5) is 27.0. The van der Waals surface area contributed by atoms with Crippen molar-refractivity contribution in [2.45, 2.75) is 28.1 Å². The number of benzene rings is 1. The van der Waals surface area contributed by atoms with Gasteiger partial charge < -0.3 is 14.5 Å². The van der Waals surface area contributed by atoms with E-state index < -0.39 is 21.2 Å². The number of amides is 2. The van der Waals surface area contributed by atoms with Crippen molar-refractivity contribution in [1.82, 2.24) is 4.90 Å². The lowest BCUT2D eigenvalue weighted by molar-refractivity contribution is -0.137. The molecule has 0 radical (unpaired) electrons. The van der Waals surface area contributed by atoms with Gasteiger partial charge in [0.1, 0.15) is 16.1 Å². The number of likely N-dealkylation sites (N-methyl/N-ethyl adjacent to an activating group) is 1. The Balaban J connectivity index is 1.77. The zero-order valence-electron chi connectivity index (χ0n) is 13.6. The molecule has 0 aromatic heterocycles. The van der Waals surface area contributed by atoms with Crippen molar-refractivity contribution in [3.05, 3.63) is 22.7 Å². The number of alkyl halides is 3. The monoisotopic (exact) mass is 468 g/mol. The van der Waals surface area contributed by atoms with Gasteiger partial charge in [0.05, 0.1) is 11.6 Å². The van der Waals surface area contributed by atoms with Gasteiger partial charge in [0.25, 0.3) is 0 Å². The van der Waals surface area contributed by atoms with Crippen LogP contribution in [0.2, 0.25) is 0 Å². The van der Waals surface area contributed by atoms with E-state index in [4.69, 9.17) is 39.5 Å². The minimum Gasteiger partial charge on any atom is -0.495 e. The Bertz CT molecular complexity index is 745. The van der Waals surface area contributed by atoms with Gasteiger partial charge in [-0.3, -0.25) is 9.59 Å². The summed E-state index contributed by atoms with van der Waals surface area (Å²) in [6.45, 7) is 0.494. The van der Waals surface area contributed by atoms with Crippen LogP contribution in [0.25, 0.3) is 0 Å². The van der Waals surface area contributed by atoms with E-state index in [1.807, 2.05) is 12.1 Å². The quantitative estimate of drug-likeness (QED) is 0.632. The fourth-order valence-electron chi connectivity index (χ4n) is 3.01. The molecule has 2 aliphatic rings. The summed E-state index contributed by atoms with van der Waals surface area (Å²) in [7, 11) is 3.12. The second kappa shape index (κ2) is 6.48. The van der Waals surface area contributed by atoms with Crippen LogP contribution in [-0.2, 0) is 9.59 Å².